The van der Waals surface area contributed by atoms with Crippen LogP contribution in [0.25, 0.3) is 0 Å². The molecule has 0 atom stereocenters. The van der Waals surface area contributed by atoms with Gasteiger partial charge in [0.05, 0.1) is 17.5 Å². The second-order valence-corrected chi connectivity index (χ2v) is 8.30. The molecule has 5 nitrogen and oxygen atoms in total. The molecule has 1 heterocycles. The molecule has 0 saturated carbocycles. The summed E-state index contributed by atoms with van der Waals surface area (Å²) in [6, 6.07) is 4.81. The number of anilines is 1. The van der Waals surface area contributed by atoms with Gasteiger partial charge in [-0.3, -0.25) is 0 Å². The van der Waals surface area contributed by atoms with Crippen molar-refractivity contribution >= 4 is 27.5 Å². The average Bonchev–Trinajstić information content (AvgIpc) is 2.53. The number of hydrogen-bond acceptors (Lipinski definition) is 5. The number of rotatable bonds is 4. The molecule has 0 amide bonds. The highest BCUT2D eigenvalue weighted by Gasteiger charge is 2.50. The van der Waals surface area contributed by atoms with Gasteiger partial charge in [-0.2, -0.15) is 22.7 Å². The first-order valence-electron chi connectivity index (χ1n) is 7.19. The number of alkyl halides is 3. The minimum atomic E-state index is -5.37. The second-order valence-electron chi connectivity index (χ2n) is 5.35. The van der Waals surface area contributed by atoms with Crippen molar-refractivity contribution in [3.05, 3.63) is 23.5 Å². The van der Waals surface area contributed by atoms with E-state index in [1.807, 2.05) is 6.07 Å². The molecule has 25 heavy (non-hydrogen) atoms. The highest BCUT2D eigenvalue weighted by molar-refractivity contribution is 7.99. The van der Waals surface area contributed by atoms with Crippen LogP contribution in [0, 0.1) is 24.1 Å². The molecule has 1 aromatic rings. The van der Waals surface area contributed by atoms with Gasteiger partial charge in [0.15, 0.2) is 0 Å². The SMILES string of the molecule is Cc1cc(F)c(N2CCN(S(=O)(=O)C(F)(F)F)CC2)cc1SCC#N. The van der Waals surface area contributed by atoms with E-state index in [9.17, 15) is 26.0 Å². The molecule has 1 aromatic carbocycles. The number of halogens is 4. The van der Waals surface area contributed by atoms with Crippen LogP contribution in [0.1, 0.15) is 5.56 Å². The number of piperazine rings is 1. The fourth-order valence-corrected chi connectivity index (χ4v) is 4.10. The van der Waals surface area contributed by atoms with Gasteiger partial charge in [-0.1, -0.05) is 0 Å². The maximum Gasteiger partial charge on any atom is 0.511 e. The minimum absolute atomic E-state index is 0.0579. The van der Waals surface area contributed by atoms with Crippen molar-refractivity contribution in [1.82, 2.24) is 4.31 Å². The second kappa shape index (κ2) is 7.39. The van der Waals surface area contributed by atoms with E-state index >= 15 is 0 Å². The molecular weight excluding hydrogens is 382 g/mol. The summed E-state index contributed by atoms with van der Waals surface area (Å²) in [7, 11) is -5.37. The van der Waals surface area contributed by atoms with Crippen molar-refractivity contribution in [2.45, 2.75) is 17.3 Å². The molecule has 0 spiro atoms. The maximum absolute atomic E-state index is 14.2. The van der Waals surface area contributed by atoms with E-state index in [1.165, 1.54) is 22.7 Å². The molecule has 0 aliphatic carbocycles. The van der Waals surface area contributed by atoms with E-state index in [0.29, 0.717) is 14.8 Å². The Morgan fingerprint density at radius 2 is 1.84 bits per heavy atom. The van der Waals surface area contributed by atoms with Gasteiger partial charge < -0.3 is 4.90 Å². The van der Waals surface area contributed by atoms with E-state index in [-0.39, 0.29) is 37.6 Å². The third-order valence-electron chi connectivity index (χ3n) is 3.75. The lowest BCUT2D eigenvalue weighted by molar-refractivity contribution is -0.0490. The standard InChI is InChI=1S/C14H15F4N3O2S2/c1-10-8-11(15)12(9-13(10)24-7-2-19)20-3-5-21(6-4-20)25(22,23)14(16,17)18/h8-9H,3-7H2,1H3. The first kappa shape index (κ1) is 19.8. The van der Waals surface area contributed by atoms with Gasteiger partial charge >= 0.3 is 15.5 Å². The first-order valence-corrected chi connectivity index (χ1v) is 9.61. The highest BCUT2D eigenvalue weighted by atomic mass is 32.2. The number of thioether (sulfide) groups is 1. The molecule has 2 rings (SSSR count). The quantitative estimate of drug-likeness (QED) is 0.577. The minimum Gasteiger partial charge on any atom is -0.366 e. The van der Waals surface area contributed by atoms with E-state index in [4.69, 9.17) is 5.26 Å². The van der Waals surface area contributed by atoms with Crippen LogP contribution in [0.3, 0.4) is 0 Å². The van der Waals surface area contributed by atoms with E-state index < -0.39 is 21.3 Å². The van der Waals surface area contributed by atoms with Crippen LogP contribution in [-0.4, -0.2) is 50.2 Å². The zero-order valence-electron chi connectivity index (χ0n) is 13.2. The van der Waals surface area contributed by atoms with Crippen molar-refractivity contribution in [3.63, 3.8) is 0 Å². The summed E-state index contributed by atoms with van der Waals surface area (Å²) in [6.45, 7) is 0.821. The Bertz CT molecular complexity index is 782. The summed E-state index contributed by atoms with van der Waals surface area (Å²) < 4.78 is 75.2. The van der Waals surface area contributed by atoms with Crippen molar-refractivity contribution in [2.75, 3.05) is 36.8 Å². The molecule has 1 aliphatic rings. The Labute approximate surface area is 147 Å². The number of benzene rings is 1. The molecule has 138 valence electrons. The van der Waals surface area contributed by atoms with Gasteiger partial charge in [-0.15, -0.1) is 11.8 Å². The van der Waals surface area contributed by atoms with Gasteiger partial charge in [0.2, 0.25) is 0 Å². The Morgan fingerprint density at radius 1 is 1.24 bits per heavy atom. The lowest BCUT2D eigenvalue weighted by atomic mass is 10.2. The maximum atomic E-state index is 14.2. The fraction of sp³-hybridized carbons (Fsp3) is 0.500. The lowest BCUT2D eigenvalue weighted by Gasteiger charge is -2.35. The van der Waals surface area contributed by atoms with Crippen LogP contribution in [0.2, 0.25) is 0 Å². The Morgan fingerprint density at radius 3 is 2.36 bits per heavy atom. The van der Waals surface area contributed by atoms with E-state index in [0.717, 1.165) is 0 Å². The summed E-state index contributed by atoms with van der Waals surface area (Å²) in [5.41, 5.74) is -4.50. The molecular formula is C14H15F4N3O2S2. The highest BCUT2D eigenvalue weighted by Crippen LogP contribution is 2.32. The summed E-state index contributed by atoms with van der Waals surface area (Å²) >= 11 is 1.23. The zero-order valence-corrected chi connectivity index (χ0v) is 14.8. The van der Waals surface area contributed by atoms with E-state index in [2.05, 4.69) is 0 Å². The molecule has 0 radical (unpaired) electrons. The average molecular weight is 397 g/mol. The van der Waals surface area contributed by atoms with Crippen molar-refractivity contribution in [3.8, 4) is 6.07 Å². The van der Waals surface area contributed by atoms with Gasteiger partial charge in [0.1, 0.15) is 5.82 Å². The van der Waals surface area contributed by atoms with Gasteiger partial charge in [0.25, 0.3) is 0 Å². The molecule has 0 unspecified atom stereocenters. The molecule has 1 aliphatic heterocycles. The lowest BCUT2D eigenvalue weighted by Crippen LogP contribution is -2.52. The van der Waals surface area contributed by atoms with Crippen molar-refractivity contribution < 1.29 is 26.0 Å². The largest absolute Gasteiger partial charge is 0.511 e. The van der Waals surface area contributed by atoms with Gasteiger partial charge in [-0.05, 0) is 24.6 Å². The summed E-state index contributed by atoms with van der Waals surface area (Å²) in [4.78, 5) is 2.21. The molecule has 0 N–H and O–H groups in total. The summed E-state index contributed by atoms with van der Waals surface area (Å²) in [5.74, 6) is -0.352. The number of sulfonamides is 1. The number of nitrogens with zero attached hydrogens (tertiary/aromatic N) is 3. The monoisotopic (exact) mass is 397 g/mol. The molecule has 1 fully saturated rings. The van der Waals surface area contributed by atoms with Crippen LogP contribution < -0.4 is 4.90 Å². The zero-order chi connectivity index (χ0) is 18.8. The summed E-state index contributed by atoms with van der Waals surface area (Å²) in [6.07, 6.45) is 0. The fourth-order valence-electron chi connectivity index (χ4n) is 2.47. The van der Waals surface area contributed by atoms with Crippen LogP contribution in [0.5, 0.6) is 0 Å². The van der Waals surface area contributed by atoms with Crippen LogP contribution in [0.4, 0.5) is 23.2 Å². The molecule has 0 aromatic heterocycles. The first-order chi connectivity index (χ1) is 11.6. The molecule has 1 saturated heterocycles. The topological polar surface area (TPSA) is 64.4 Å². The van der Waals surface area contributed by atoms with Gasteiger partial charge in [0, 0.05) is 31.1 Å². The third kappa shape index (κ3) is 4.19. The van der Waals surface area contributed by atoms with Gasteiger partial charge in [-0.25, -0.2) is 12.8 Å². The Balaban J connectivity index is 2.17. The number of aryl methyl sites for hydroxylation is 1. The molecule has 11 heteroatoms. The third-order valence-corrected chi connectivity index (χ3v) is 6.40. The van der Waals surface area contributed by atoms with Crippen molar-refractivity contribution in [2.24, 2.45) is 0 Å². The Hall–Kier alpha value is -1.51. The molecule has 0 bridgehead atoms. The predicted octanol–water partition coefficient (Wildman–Crippen LogP) is 2.72. The normalized spacial score (nSPS) is 16.7. The number of nitriles is 1. The van der Waals surface area contributed by atoms with Crippen LogP contribution in [-0.2, 0) is 10.0 Å². The van der Waals surface area contributed by atoms with E-state index in [1.54, 1.807) is 13.0 Å². The van der Waals surface area contributed by atoms with Crippen molar-refractivity contribution in [1.29, 1.82) is 5.26 Å². The van der Waals surface area contributed by atoms with Crippen LogP contribution >= 0.6 is 11.8 Å². The summed E-state index contributed by atoms with van der Waals surface area (Å²) in [5, 5.41) is 8.65. The Kier molecular flexibility index (Phi) is 5.86. The predicted molar refractivity (Wildman–Crippen MR) is 86.2 cm³/mol. The smallest absolute Gasteiger partial charge is 0.366 e. The van der Waals surface area contributed by atoms with Crippen LogP contribution in [0.15, 0.2) is 17.0 Å². The number of hydrogen-bond donors (Lipinski definition) is 0.